The summed E-state index contributed by atoms with van der Waals surface area (Å²) in [5.41, 5.74) is 4.84. The molecule has 0 radical (unpaired) electrons. The first-order valence-corrected chi connectivity index (χ1v) is 8.88. The second-order valence-corrected chi connectivity index (χ2v) is 6.43. The molecule has 0 aliphatic heterocycles. The molecule has 2 aromatic carbocycles. The molecule has 1 N–H and O–H groups in total. The minimum absolute atomic E-state index is 0.484. The first-order valence-electron chi connectivity index (χ1n) is 8.13. The Morgan fingerprint density at radius 2 is 1.78 bits per heavy atom. The number of hydrogen-bond acceptors (Lipinski definition) is 5. The Labute approximate surface area is 167 Å². The van der Waals surface area contributed by atoms with E-state index in [1.807, 2.05) is 36.4 Å². The van der Waals surface area contributed by atoms with E-state index < -0.39 is 0 Å². The molecule has 0 saturated carbocycles. The standard InChI is InChI=1S/C20H18Cl2N2O3/c1-25-19-7-3-13(9-20(19)26-2)11-23-24-12-15-5-8-18(27-15)14-4-6-16(21)17(22)10-14/h3-10,12,23H,11H2,1-2H3/b24-12+. The van der Waals surface area contributed by atoms with Crippen LogP contribution in [-0.2, 0) is 6.54 Å². The summed E-state index contributed by atoms with van der Waals surface area (Å²) in [5, 5.41) is 5.18. The van der Waals surface area contributed by atoms with Crippen LogP contribution in [0.2, 0.25) is 10.0 Å². The van der Waals surface area contributed by atoms with E-state index in [4.69, 9.17) is 37.1 Å². The van der Waals surface area contributed by atoms with Crippen LogP contribution < -0.4 is 14.9 Å². The molecule has 7 heteroatoms. The normalized spacial score (nSPS) is 11.0. The second kappa shape index (κ2) is 8.84. The summed E-state index contributed by atoms with van der Waals surface area (Å²) in [4.78, 5) is 0. The van der Waals surface area contributed by atoms with Gasteiger partial charge in [-0.3, -0.25) is 0 Å². The van der Waals surface area contributed by atoms with Gasteiger partial charge in [0.15, 0.2) is 11.5 Å². The fourth-order valence-electron chi connectivity index (χ4n) is 2.46. The summed E-state index contributed by atoms with van der Waals surface area (Å²) >= 11 is 12.0. The summed E-state index contributed by atoms with van der Waals surface area (Å²) in [6, 6.07) is 14.7. The van der Waals surface area contributed by atoms with Gasteiger partial charge >= 0.3 is 0 Å². The van der Waals surface area contributed by atoms with Gasteiger partial charge in [-0.25, -0.2) is 0 Å². The van der Waals surface area contributed by atoms with Crippen molar-refractivity contribution in [3.8, 4) is 22.8 Å². The van der Waals surface area contributed by atoms with Crippen LogP contribution in [-0.4, -0.2) is 20.4 Å². The lowest BCUT2D eigenvalue weighted by molar-refractivity contribution is 0.354. The van der Waals surface area contributed by atoms with E-state index in [2.05, 4.69) is 10.5 Å². The molecular formula is C20H18Cl2N2O3. The van der Waals surface area contributed by atoms with Gasteiger partial charge < -0.3 is 19.3 Å². The zero-order chi connectivity index (χ0) is 19.2. The van der Waals surface area contributed by atoms with Gasteiger partial charge in [0.2, 0.25) is 0 Å². The summed E-state index contributed by atoms with van der Waals surface area (Å²) in [6.45, 7) is 0.539. The lowest BCUT2D eigenvalue weighted by atomic mass is 10.2. The van der Waals surface area contributed by atoms with Crippen molar-refractivity contribution in [3.05, 3.63) is 69.9 Å². The zero-order valence-electron chi connectivity index (χ0n) is 14.8. The van der Waals surface area contributed by atoms with Crippen molar-refractivity contribution in [1.82, 2.24) is 5.43 Å². The number of hydrogen-bond donors (Lipinski definition) is 1. The van der Waals surface area contributed by atoms with E-state index in [1.165, 1.54) is 0 Å². The van der Waals surface area contributed by atoms with Crippen molar-refractivity contribution in [2.45, 2.75) is 6.54 Å². The van der Waals surface area contributed by atoms with Gasteiger partial charge in [0, 0.05) is 5.56 Å². The van der Waals surface area contributed by atoms with Crippen LogP contribution in [0.5, 0.6) is 11.5 Å². The Morgan fingerprint density at radius 3 is 2.52 bits per heavy atom. The predicted octanol–water partition coefficient (Wildman–Crippen LogP) is 5.39. The number of hydrazone groups is 1. The van der Waals surface area contributed by atoms with E-state index in [1.54, 1.807) is 32.6 Å². The van der Waals surface area contributed by atoms with Crippen LogP contribution in [0.25, 0.3) is 11.3 Å². The number of rotatable bonds is 7. The number of furan rings is 1. The molecule has 0 fully saturated rings. The molecule has 0 amide bonds. The molecule has 1 aromatic heterocycles. The predicted molar refractivity (Wildman–Crippen MR) is 108 cm³/mol. The molecule has 0 saturated heterocycles. The third-order valence-corrected chi connectivity index (χ3v) is 4.58. The lowest BCUT2D eigenvalue weighted by Crippen LogP contribution is -2.05. The highest BCUT2D eigenvalue weighted by atomic mass is 35.5. The molecule has 0 aliphatic rings. The first-order chi connectivity index (χ1) is 13.1. The van der Waals surface area contributed by atoms with Crippen molar-refractivity contribution >= 4 is 29.4 Å². The number of nitrogens with zero attached hydrogens (tertiary/aromatic N) is 1. The zero-order valence-corrected chi connectivity index (χ0v) is 16.3. The largest absolute Gasteiger partial charge is 0.493 e. The average Bonchev–Trinajstić information content (AvgIpc) is 3.16. The Bertz CT molecular complexity index is 954. The molecule has 140 valence electrons. The number of methoxy groups -OCH3 is 2. The number of halogens is 2. The molecule has 0 unspecified atom stereocenters. The fourth-order valence-corrected chi connectivity index (χ4v) is 2.76. The van der Waals surface area contributed by atoms with Crippen molar-refractivity contribution in [1.29, 1.82) is 0 Å². The first kappa shape index (κ1) is 19.1. The van der Waals surface area contributed by atoms with E-state index in [0.29, 0.717) is 39.6 Å². The highest BCUT2D eigenvalue weighted by molar-refractivity contribution is 6.42. The van der Waals surface area contributed by atoms with E-state index in [-0.39, 0.29) is 0 Å². The molecule has 0 aliphatic carbocycles. The van der Waals surface area contributed by atoms with Crippen molar-refractivity contribution in [2.75, 3.05) is 14.2 Å². The van der Waals surface area contributed by atoms with Crippen LogP contribution in [0.3, 0.4) is 0 Å². The van der Waals surface area contributed by atoms with Gasteiger partial charge in [0.05, 0.1) is 37.0 Å². The van der Waals surface area contributed by atoms with Gasteiger partial charge in [-0.1, -0.05) is 29.3 Å². The Hall–Kier alpha value is -2.63. The maximum Gasteiger partial charge on any atom is 0.161 e. The van der Waals surface area contributed by atoms with Crippen LogP contribution >= 0.6 is 23.2 Å². The van der Waals surface area contributed by atoms with Gasteiger partial charge in [-0.2, -0.15) is 5.10 Å². The van der Waals surface area contributed by atoms with E-state index >= 15 is 0 Å². The van der Waals surface area contributed by atoms with E-state index in [9.17, 15) is 0 Å². The van der Waals surface area contributed by atoms with E-state index in [0.717, 1.165) is 11.1 Å². The molecular weight excluding hydrogens is 387 g/mol. The van der Waals surface area contributed by atoms with Gasteiger partial charge in [0.1, 0.15) is 11.5 Å². The van der Waals surface area contributed by atoms with Gasteiger partial charge in [-0.15, -0.1) is 0 Å². The Morgan fingerprint density at radius 1 is 0.963 bits per heavy atom. The Kier molecular flexibility index (Phi) is 6.27. The van der Waals surface area contributed by atoms with Crippen LogP contribution in [0.4, 0.5) is 0 Å². The summed E-state index contributed by atoms with van der Waals surface area (Å²) in [6.07, 6.45) is 1.61. The maximum atomic E-state index is 6.05. The monoisotopic (exact) mass is 404 g/mol. The molecule has 3 rings (SSSR count). The topological polar surface area (TPSA) is 56.0 Å². The van der Waals surface area contributed by atoms with Gasteiger partial charge in [0.25, 0.3) is 0 Å². The van der Waals surface area contributed by atoms with Crippen LogP contribution in [0, 0.1) is 0 Å². The fraction of sp³-hybridized carbons (Fsp3) is 0.150. The average molecular weight is 405 g/mol. The lowest BCUT2D eigenvalue weighted by Gasteiger charge is -2.09. The molecule has 0 bridgehead atoms. The minimum Gasteiger partial charge on any atom is -0.493 e. The highest BCUT2D eigenvalue weighted by Gasteiger charge is 2.06. The molecule has 5 nitrogen and oxygen atoms in total. The number of benzene rings is 2. The molecule has 0 atom stereocenters. The third-order valence-electron chi connectivity index (χ3n) is 3.85. The minimum atomic E-state index is 0.484. The Balaban J connectivity index is 1.61. The number of nitrogens with one attached hydrogen (secondary N) is 1. The van der Waals surface area contributed by atoms with Crippen molar-refractivity contribution < 1.29 is 13.9 Å². The van der Waals surface area contributed by atoms with Gasteiger partial charge in [-0.05, 0) is 48.0 Å². The quantitative estimate of drug-likeness (QED) is 0.423. The number of ether oxygens (including phenoxy) is 2. The third kappa shape index (κ3) is 4.76. The second-order valence-electron chi connectivity index (χ2n) is 5.61. The molecule has 27 heavy (non-hydrogen) atoms. The smallest absolute Gasteiger partial charge is 0.161 e. The summed E-state index contributed by atoms with van der Waals surface area (Å²) in [5.74, 6) is 2.68. The molecule has 3 aromatic rings. The van der Waals surface area contributed by atoms with Crippen molar-refractivity contribution in [2.24, 2.45) is 5.10 Å². The highest BCUT2D eigenvalue weighted by Crippen LogP contribution is 2.29. The molecule has 0 spiro atoms. The van der Waals surface area contributed by atoms with Crippen molar-refractivity contribution in [3.63, 3.8) is 0 Å². The SMILES string of the molecule is COc1ccc(CN/N=C/c2ccc(-c3ccc(Cl)c(Cl)c3)o2)cc1OC. The summed E-state index contributed by atoms with van der Waals surface area (Å²) < 4.78 is 16.3. The van der Waals surface area contributed by atoms with Crippen LogP contribution in [0.1, 0.15) is 11.3 Å². The molecule has 1 heterocycles. The summed E-state index contributed by atoms with van der Waals surface area (Å²) in [7, 11) is 3.21. The maximum absolute atomic E-state index is 6.05. The van der Waals surface area contributed by atoms with Crippen LogP contribution in [0.15, 0.2) is 58.0 Å².